The maximum atomic E-state index is 12.3. The first-order valence-electron chi connectivity index (χ1n) is 8.80. The number of carbonyl (C=O) groups excluding carboxylic acids is 1. The van der Waals surface area contributed by atoms with Gasteiger partial charge in [0.25, 0.3) is 11.6 Å². The summed E-state index contributed by atoms with van der Waals surface area (Å²) in [7, 11) is 0. The molecule has 0 aliphatic rings. The zero-order valence-corrected chi connectivity index (χ0v) is 15.2. The lowest BCUT2D eigenvalue weighted by Gasteiger charge is -2.09. The first kappa shape index (κ1) is 19.4. The van der Waals surface area contributed by atoms with Crippen molar-refractivity contribution in [2.45, 2.75) is 39.5 Å². The maximum absolute atomic E-state index is 12.3. The Hall–Kier alpha value is -2.89. The van der Waals surface area contributed by atoms with Gasteiger partial charge in [0.15, 0.2) is 0 Å². The van der Waals surface area contributed by atoms with Crippen molar-refractivity contribution >= 4 is 17.3 Å². The molecular weight excluding hydrogens is 332 g/mol. The standard InChI is InChI=1S/C20H24N2O4/c1-3-4-5-6-13-26-17-10-8-16(9-11-17)20(23)21-18-12-7-15(2)14-19(18)22(24)25/h7-12,14H,3-6,13H2,1-2H3,(H,21,23). The molecule has 0 unspecified atom stereocenters. The van der Waals surface area contributed by atoms with Crippen LogP contribution >= 0.6 is 0 Å². The molecule has 6 heteroatoms. The molecule has 0 aliphatic carbocycles. The minimum atomic E-state index is -0.502. The van der Waals surface area contributed by atoms with Crippen molar-refractivity contribution in [3.05, 3.63) is 63.7 Å². The maximum Gasteiger partial charge on any atom is 0.293 e. The highest BCUT2D eigenvalue weighted by Gasteiger charge is 2.16. The van der Waals surface area contributed by atoms with Crippen LogP contribution in [0.2, 0.25) is 0 Å². The molecule has 0 spiro atoms. The molecule has 0 saturated carbocycles. The molecule has 0 heterocycles. The van der Waals surface area contributed by atoms with Crippen LogP contribution in [0.1, 0.15) is 48.5 Å². The van der Waals surface area contributed by atoms with Gasteiger partial charge in [-0.1, -0.05) is 32.3 Å². The average molecular weight is 356 g/mol. The molecule has 0 bridgehead atoms. The fourth-order valence-electron chi connectivity index (χ4n) is 2.51. The molecule has 1 N–H and O–H groups in total. The van der Waals surface area contributed by atoms with E-state index in [2.05, 4.69) is 12.2 Å². The van der Waals surface area contributed by atoms with Crippen LogP contribution in [0.25, 0.3) is 0 Å². The van der Waals surface area contributed by atoms with Gasteiger partial charge in [-0.25, -0.2) is 0 Å². The highest BCUT2D eigenvalue weighted by atomic mass is 16.6. The van der Waals surface area contributed by atoms with Crippen molar-refractivity contribution in [3.8, 4) is 5.75 Å². The minimum Gasteiger partial charge on any atom is -0.494 e. The highest BCUT2D eigenvalue weighted by Crippen LogP contribution is 2.26. The summed E-state index contributed by atoms with van der Waals surface area (Å²) in [4.78, 5) is 23.0. The number of amides is 1. The van der Waals surface area contributed by atoms with Crippen molar-refractivity contribution in [3.63, 3.8) is 0 Å². The third kappa shape index (κ3) is 5.58. The van der Waals surface area contributed by atoms with Crippen molar-refractivity contribution in [2.75, 3.05) is 11.9 Å². The Morgan fingerprint density at radius 3 is 2.50 bits per heavy atom. The number of benzene rings is 2. The number of nitrogens with zero attached hydrogens (tertiary/aromatic N) is 1. The number of anilines is 1. The van der Waals surface area contributed by atoms with E-state index in [1.165, 1.54) is 18.9 Å². The number of nitro benzene ring substituents is 1. The van der Waals surface area contributed by atoms with Gasteiger partial charge in [-0.3, -0.25) is 14.9 Å². The molecule has 1 amide bonds. The molecular formula is C20H24N2O4. The summed E-state index contributed by atoms with van der Waals surface area (Å²) in [6, 6.07) is 11.5. The number of rotatable bonds is 9. The van der Waals surface area contributed by atoms with Gasteiger partial charge >= 0.3 is 0 Å². The Morgan fingerprint density at radius 2 is 1.85 bits per heavy atom. The van der Waals surface area contributed by atoms with E-state index in [0.29, 0.717) is 17.9 Å². The lowest BCUT2D eigenvalue weighted by atomic mass is 10.1. The lowest BCUT2D eigenvalue weighted by molar-refractivity contribution is -0.384. The van der Waals surface area contributed by atoms with Gasteiger partial charge in [-0.2, -0.15) is 0 Å². The number of aryl methyl sites for hydroxylation is 1. The molecule has 0 aromatic heterocycles. The second-order valence-electron chi connectivity index (χ2n) is 6.17. The van der Waals surface area contributed by atoms with Gasteiger partial charge in [0.1, 0.15) is 11.4 Å². The Bertz CT molecular complexity index is 757. The molecule has 2 aromatic rings. The number of nitrogens with one attached hydrogen (secondary N) is 1. The van der Waals surface area contributed by atoms with E-state index in [1.54, 1.807) is 43.3 Å². The minimum absolute atomic E-state index is 0.120. The summed E-state index contributed by atoms with van der Waals surface area (Å²) >= 11 is 0. The van der Waals surface area contributed by atoms with Crippen LogP contribution in [0.15, 0.2) is 42.5 Å². The Morgan fingerprint density at radius 1 is 1.12 bits per heavy atom. The third-order valence-electron chi connectivity index (χ3n) is 3.98. The summed E-state index contributed by atoms with van der Waals surface area (Å²) in [5, 5.41) is 13.7. The zero-order chi connectivity index (χ0) is 18.9. The number of hydrogen-bond acceptors (Lipinski definition) is 4. The molecule has 26 heavy (non-hydrogen) atoms. The molecule has 0 aliphatic heterocycles. The molecule has 0 fully saturated rings. The number of nitro groups is 1. The van der Waals surface area contributed by atoms with E-state index in [-0.39, 0.29) is 11.4 Å². The van der Waals surface area contributed by atoms with E-state index in [9.17, 15) is 14.9 Å². The van der Waals surface area contributed by atoms with E-state index in [4.69, 9.17) is 4.74 Å². The van der Waals surface area contributed by atoms with Crippen molar-refractivity contribution in [1.29, 1.82) is 0 Å². The van der Waals surface area contributed by atoms with Crippen molar-refractivity contribution in [2.24, 2.45) is 0 Å². The van der Waals surface area contributed by atoms with Gasteiger partial charge in [0.05, 0.1) is 11.5 Å². The Kier molecular flexibility index (Phi) is 7.14. The van der Waals surface area contributed by atoms with E-state index < -0.39 is 10.8 Å². The zero-order valence-electron chi connectivity index (χ0n) is 15.2. The Balaban J connectivity index is 1.97. The van der Waals surface area contributed by atoms with Crippen molar-refractivity contribution in [1.82, 2.24) is 0 Å². The van der Waals surface area contributed by atoms with Crippen LogP contribution in [-0.4, -0.2) is 17.4 Å². The van der Waals surface area contributed by atoms with Gasteiger partial charge in [-0.05, 0) is 49.2 Å². The Labute approximate surface area is 153 Å². The SMILES string of the molecule is CCCCCCOc1ccc(C(=O)Nc2ccc(C)cc2[N+](=O)[O-])cc1. The number of unbranched alkanes of at least 4 members (excludes halogenated alkanes) is 3. The number of carbonyl (C=O) groups is 1. The van der Waals surface area contributed by atoms with Gasteiger partial charge in [-0.15, -0.1) is 0 Å². The van der Waals surface area contributed by atoms with Crippen LogP contribution in [0, 0.1) is 17.0 Å². The normalized spacial score (nSPS) is 10.4. The summed E-state index contributed by atoms with van der Waals surface area (Å²) in [6.45, 7) is 4.58. The summed E-state index contributed by atoms with van der Waals surface area (Å²) in [5.74, 6) is 0.311. The first-order chi connectivity index (χ1) is 12.5. The van der Waals surface area contributed by atoms with Gasteiger partial charge < -0.3 is 10.1 Å². The number of ether oxygens (including phenoxy) is 1. The summed E-state index contributed by atoms with van der Waals surface area (Å²) < 4.78 is 5.65. The largest absolute Gasteiger partial charge is 0.494 e. The third-order valence-corrected chi connectivity index (χ3v) is 3.98. The first-order valence-corrected chi connectivity index (χ1v) is 8.80. The lowest BCUT2D eigenvalue weighted by Crippen LogP contribution is -2.13. The summed E-state index contributed by atoms with van der Waals surface area (Å²) in [5.41, 5.74) is 1.24. The second-order valence-corrected chi connectivity index (χ2v) is 6.17. The van der Waals surface area contributed by atoms with E-state index in [0.717, 1.165) is 18.4 Å². The van der Waals surface area contributed by atoms with Gasteiger partial charge in [0, 0.05) is 11.6 Å². The molecule has 6 nitrogen and oxygen atoms in total. The molecule has 0 atom stereocenters. The fraction of sp³-hybridized carbons (Fsp3) is 0.350. The molecule has 0 radical (unpaired) electrons. The molecule has 138 valence electrons. The van der Waals surface area contributed by atoms with Crippen LogP contribution < -0.4 is 10.1 Å². The van der Waals surface area contributed by atoms with Crippen LogP contribution in [0.4, 0.5) is 11.4 Å². The van der Waals surface area contributed by atoms with Crippen molar-refractivity contribution < 1.29 is 14.5 Å². The quantitative estimate of drug-likeness (QED) is 0.384. The topological polar surface area (TPSA) is 81.5 Å². The second kappa shape index (κ2) is 9.56. The monoisotopic (exact) mass is 356 g/mol. The molecule has 2 rings (SSSR count). The van der Waals surface area contributed by atoms with E-state index in [1.807, 2.05) is 0 Å². The summed E-state index contributed by atoms with van der Waals surface area (Å²) in [6.07, 6.45) is 4.54. The molecule has 2 aromatic carbocycles. The van der Waals surface area contributed by atoms with Crippen LogP contribution in [0.5, 0.6) is 5.75 Å². The molecule has 0 saturated heterocycles. The fourth-order valence-corrected chi connectivity index (χ4v) is 2.51. The van der Waals surface area contributed by atoms with Crippen LogP contribution in [0.3, 0.4) is 0 Å². The van der Waals surface area contributed by atoms with Gasteiger partial charge in [0.2, 0.25) is 0 Å². The average Bonchev–Trinajstić information content (AvgIpc) is 2.63. The van der Waals surface area contributed by atoms with Crippen LogP contribution in [-0.2, 0) is 0 Å². The predicted octanol–water partition coefficient (Wildman–Crippen LogP) is 5.11. The van der Waals surface area contributed by atoms with E-state index >= 15 is 0 Å². The predicted molar refractivity (Wildman–Crippen MR) is 102 cm³/mol. The smallest absolute Gasteiger partial charge is 0.293 e. The highest BCUT2D eigenvalue weighted by molar-refractivity contribution is 6.05. The number of hydrogen-bond donors (Lipinski definition) is 1.